The van der Waals surface area contributed by atoms with Crippen molar-refractivity contribution in [3.63, 3.8) is 0 Å². The number of hydrogen-bond acceptors (Lipinski definition) is 2. The molecular formula is CH2CdN2. The van der Waals surface area contributed by atoms with Crippen LogP contribution >= 0.6 is 0 Å². The Balaban J connectivity index is 0. The van der Waals surface area contributed by atoms with Gasteiger partial charge in [0, 0.05) is 27.3 Å². The summed E-state index contributed by atoms with van der Waals surface area (Å²) in [5.74, 6) is 0. The minimum absolute atomic E-state index is 0. The van der Waals surface area contributed by atoms with E-state index in [2.05, 4.69) is 0 Å². The second-order valence-corrected chi connectivity index (χ2v) is 0.125. The molecule has 0 saturated carbocycles. The Hall–Kier alpha value is 0.302. The Morgan fingerprint density at radius 2 is 1.25 bits per heavy atom. The largest absolute Gasteiger partial charge is 0.242 e. The molecule has 3 heteroatoms. The fourth-order valence-electron chi connectivity index (χ4n) is 0. The first kappa shape index (κ1) is 8.85. The monoisotopic (exact) mass is 156 g/mol. The molecule has 2 N–H and O–H groups in total. The molecule has 0 amide bonds. The van der Waals surface area contributed by atoms with Gasteiger partial charge in [0.25, 0.3) is 0 Å². The molecule has 0 aromatic carbocycles. The van der Waals surface area contributed by atoms with Gasteiger partial charge in [-0.05, 0) is 0 Å². The zero-order valence-electron chi connectivity index (χ0n) is 2.21. The van der Waals surface area contributed by atoms with E-state index in [1.807, 2.05) is 0 Å². The van der Waals surface area contributed by atoms with E-state index in [4.69, 9.17) is 10.8 Å². The van der Waals surface area contributed by atoms with E-state index in [-0.39, 0.29) is 27.3 Å². The van der Waals surface area contributed by atoms with Crippen LogP contribution in [0.5, 0.6) is 0 Å². The third kappa shape index (κ3) is 42.8. The number of rotatable bonds is 0. The van der Waals surface area contributed by atoms with Crippen molar-refractivity contribution < 1.29 is 27.3 Å². The molecule has 0 bridgehead atoms. The maximum absolute atomic E-state index is 5.62. The second-order valence-electron chi connectivity index (χ2n) is 0.125. The van der Waals surface area contributed by atoms with Crippen molar-refractivity contribution >= 4 is 6.01 Å². The average molecular weight is 154 g/mol. The van der Waals surface area contributed by atoms with Crippen LogP contribution in [-0.4, -0.2) is 6.01 Å². The number of hydrogen-bond donors (Lipinski definition) is 2. The minimum Gasteiger partial charge on any atom is -0.242 e. The summed E-state index contributed by atoms with van der Waals surface area (Å²) < 4.78 is 0. The third-order valence-corrected chi connectivity index (χ3v) is 0. The maximum Gasteiger partial charge on any atom is 0.0831 e. The molecule has 0 unspecified atom stereocenters. The third-order valence-electron chi connectivity index (χ3n) is 0. The molecule has 0 aromatic rings. The normalized spacial score (nSPS) is 2.00. The Morgan fingerprint density at radius 1 is 1.25 bits per heavy atom. The van der Waals surface area contributed by atoms with Gasteiger partial charge < -0.3 is 0 Å². The molecule has 0 aliphatic heterocycles. The molecule has 4 heavy (non-hydrogen) atoms. The number of nitrogens with one attached hydrogen (secondary N) is 2. The summed E-state index contributed by atoms with van der Waals surface area (Å²) in [6.45, 7) is 0. The average Bonchev–Trinajstić information content (AvgIpc) is 0.918. The van der Waals surface area contributed by atoms with Crippen LogP contribution in [0.3, 0.4) is 0 Å². The van der Waals surface area contributed by atoms with Gasteiger partial charge >= 0.3 is 0 Å². The summed E-state index contributed by atoms with van der Waals surface area (Å²) in [7, 11) is 0. The van der Waals surface area contributed by atoms with Crippen molar-refractivity contribution in [2.75, 3.05) is 0 Å². The predicted octanol–water partition coefficient (Wildman–Crippen LogP) is 0.315. The summed E-state index contributed by atoms with van der Waals surface area (Å²) >= 11 is 0. The molecule has 0 fully saturated rings. The van der Waals surface area contributed by atoms with Crippen molar-refractivity contribution in [3.05, 3.63) is 0 Å². The first-order valence-corrected chi connectivity index (χ1v) is 0.500. The molecule has 0 saturated heterocycles. The summed E-state index contributed by atoms with van der Waals surface area (Å²) in [4.78, 5) is 0. The second kappa shape index (κ2) is 10.3. The molecule has 0 spiro atoms. The summed E-state index contributed by atoms with van der Waals surface area (Å²) in [6, 6.07) is 1.25. The van der Waals surface area contributed by atoms with Gasteiger partial charge in [0.05, 0.1) is 6.01 Å². The fraction of sp³-hybridized carbons (Fsp3) is 0. The van der Waals surface area contributed by atoms with Crippen LogP contribution in [0.4, 0.5) is 0 Å². The minimum atomic E-state index is 0. The SMILES string of the molecule is N=C=N.[Cd]. The Bertz CT molecular complexity index is 27.0. The summed E-state index contributed by atoms with van der Waals surface area (Å²) in [5, 5.41) is 11.2. The van der Waals surface area contributed by atoms with Gasteiger partial charge in [-0.1, -0.05) is 0 Å². The molecule has 0 aliphatic rings. The van der Waals surface area contributed by atoms with Crippen LogP contribution in [0.1, 0.15) is 0 Å². The van der Waals surface area contributed by atoms with Gasteiger partial charge in [0.2, 0.25) is 0 Å². The van der Waals surface area contributed by atoms with Crippen LogP contribution in [0.15, 0.2) is 0 Å². The Labute approximate surface area is 44.4 Å². The van der Waals surface area contributed by atoms with Crippen molar-refractivity contribution in [1.82, 2.24) is 0 Å². The van der Waals surface area contributed by atoms with Gasteiger partial charge in [0.1, 0.15) is 0 Å². The topological polar surface area (TPSA) is 47.7 Å². The van der Waals surface area contributed by atoms with Gasteiger partial charge in [-0.25, -0.2) is 10.8 Å². The van der Waals surface area contributed by atoms with Gasteiger partial charge in [-0.2, -0.15) is 0 Å². The van der Waals surface area contributed by atoms with Crippen LogP contribution in [0.2, 0.25) is 0 Å². The van der Waals surface area contributed by atoms with Crippen molar-refractivity contribution in [1.29, 1.82) is 10.8 Å². The van der Waals surface area contributed by atoms with E-state index < -0.39 is 0 Å². The van der Waals surface area contributed by atoms with E-state index in [0.29, 0.717) is 0 Å². The van der Waals surface area contributed by atoms with Gasteiger partial charge in [0.15, 0.2) is 0 Å². The van der Waals surface area contributed by atoms with Crippen molar-refractivity contribution in [3.8, 4) is 0 Å². The summed E-state index contributed by atoms with van der Waals surface area (Å²) in [6.07, 6.45) is 0. The molecule has 0 heterocycles. The zero-order chi connectivity index (χ0) is 2.71. The molecule has 18 valence electrons. The summed E-state index contributed by atoms with van der Waals surface area (Å²) in [5.41, 5.74) is 0. The maximum atomic E-state index is 5.62. The standard InChI is InChI=1S/CH2N2.Cd/c2-1-3;/h2-3H;. The van der Waals surface area contributed by atoms with E-state index in [9.17, 15) is 0 Å². The Morgan fingerprint density at radius 3 is 1.25 bits per heavy atom. The van der Waals surface area contributed by atoms with Gasteiger partial charge in [-0.15, -0.1) is 0 Å². The van der Waals surface area contributed by atoms with Crippen LogP contribution in [0, 0.1) is 10.8 Å². The van der Waals surface area contributed by atoms with Crippen molar-refractivity contribution in [2.24, 2.45) is 0 Å². The Kier molecular flexibility index (Phi) is 22.8. The quantitative estimate of drug-likeness (QED) is 0.373. The molecule has 0 atom stereocenters. The van der Waals surface area contributed by atoms with Crippen LogP contribution in [0.25, 0.3) is 0 Å². The molecular weight excluding hydrogens is 152 g/mol. The van der Waals surface area contributed by atoms with E-state index in [0.717, 1.165) is 0 Å². The molecule has 0 radical (unpaired) electrons. The van der Waals surface area contributed by atoms with E-state index >= 15 is 0 Å². The van der Waals surface area contributed by atoms with Crippen LogP contribution in [-0.2, 0) is 27.3 Å². The molecule has 0 aliphatic carbocycles. The predicted molar refractivity (Wildman–Crippen MR) is 10.4 cm³/mol. The molecule has 0 aromatic heterocycles. The smallest absolute Gasteiger partial charge is 0.0831 e. The fourth-order valence-corrected chi connectivity index (χ4v) is 0. The van der Waals surface area contributed by atoms with E-state index in [1.165, 1.54) is 6.01 Å². The van der Waals surface area contributed by atoms with E-state index in [1.54, 1.807) is 0 Å². The first-order chi connectivity index (χ1) is 1.41. The zero-order valence-corrected chi connectivity index (χ0v) is 6.24. The van der Waals surface area contributed by atoms with Gasteiger partial charge in [-0.3, -0.25) is 0 Å². The molecule has 2 nitrogen and oxygen atoms in total. The molecule has 0 rings (SSSR count). The first-order valence-electron chi connectivity index (χ1n) is 0.500. The van der Waals surface area contributed by atoms with Crippen molar-refractivity contribution in [2.45, 2.75) is 0 Å². The van der Waals surface area contributed by atoms with Crippen LogP contribution < -0.4 is 0 Å².